The minimum atomic E-state index is -0.382. The Morgan fingerprint density at radius 1 is 1.10 bits per heavy atom. The smallest absolute Gasteiger partial charge is 0.271 e. The SMILES string of the molecule is Cc1ccc2cccc(Oc3ncnc(NNC(=O)c4cccnc4)c3N)c2n1. The van der Waals surface area contributed by atoms with Crippen LogP contribution >= 0.6 is 0 Å². The maximum atomic E-state index is 12.1. The second-order valence-corrected chi connectivity index (χ2v) is 6.14. The molecule has 4 N–H and O–H groups in total. The molecule has 0 aliphatic rings. The number of amides is 1. The molecule has 9 heteroatoms. The van der Waals surface area contributed by atoms with Gasteiger partial charge >= 0.3 is 0 Å². The number of anilines is 2. The van der Waals surface area contributed by atoms with E-state index in [0.717, 1.165) is 11.1 Å². The first kappa shape index (κ1) is 18.1. The molecule has 29 heavy (non-hydrogen) atoms. The van der Waals surface area contributed by atoms with E-state index in [0.29, 0.717) is 16.8 Å². The number of carbonyl (C=O) groups is 1. The van der Waals surface area contributed by atoms with Crippen molar-refractivity contribution in [3.63, 3.8) is 0 Å². The summed E-state index contributed by atoms with van der Waals surface area (Å²) in [5.41, 5.74) is 13.4. The van der Waals surface area contributed by atoms with Gasteiger partial charge in [-0.25, -0.2) is 9.97 Å². The number of fused-ring (bicyclic) bond motifs is 1. The second-order valence-electron chi connectivity index (χ2n) is 6.14. The van der Waals surface area contributed by atoms with Gasteiger partial charge in [-0.05, 0) is 31.2 Å². The molecule has 9 nitrogen and oxygen atoms in total. The number of para-hydroxylation sites is 1. The van der Waals surface area contributed by atoms with Crippen LogP contribution in [-0.4, -0.2) is 25.8 Å². The lowest BCUT2D eigenvalue weighted by Crippen LogP contribution is -2.30. The molecule has 0 fully saturated rings. The Hall–Kier alpha value is -4.27. The van der Waals surface area contributed by atoms with Crippen LogP contribution in [0.25, 0.3) is 10.9 Å². The van der Waals surface area contributed by atoms with Gasteiger partial charge in [0.25, 0.3) is 5.91 Å². The highest BCUT2D eigenvalue weighted by Crippen LogP contribution is 2.32. The number of benzene rings is 1. The third kappa shape index (κ3) is 3.88. The molecular formula is C20H17N7O2. The minimum absolute atomic E-state index is 0.142. The van der Waals surface area contributed by atoms with Crippen molar-refractivity contribution in [2.45, 2.75) is 6.92 Å². The summed E-state index contributed by atoms with van der Waals surface area (Å²) in [5, 5.41) is 0.933. The molecule has 3 aromatic heterocycles. The van der Waals surface area contributed by atoms with Gasteiger partial charge in [-0.1, -0.05) is 18.2 Å². The molecule has 1 amide bonds. The van der Waals surface area contributed by atoms with Gasteiger partial charge in [0.15, 0.2) is 11.6 Å². The highest BCUT2D eigenvalue weighted by Gasteiger charge is 2.14. The Bertz CT molecular complexity index is 1180. The van der Waals surface area contributed by atoms with Gasteiger partial charge in [0.05, 0.1) is 5.56 Å². The predicted molar refractivity (Wildman–Crippen MR) is 108 cm³/mol. The van der Waals surface area contributed by atoms with Gasteiger partial charge in [-0.3, -0.25) is 20.6 Å². The van der Waals surface area contributed by atoms with Gasteiger partial charge in [-0.2, -0.15) is 4.98 Å². The molecule has 0 unspecified atom stereocenters. The van der Waals surface area contributed by atoms with E-state index < -0.39 is 0 Å². The Balaban J connectivity index is 1.56. The molecule has 4 aromatic rings. The largest absolute Gasteiger partial charge is 0.435 e. The van der Waals surface area contributed by atoms with E-state index in [2.05, 4.69) is 30.8 Å². The molecule has 4 rings (SSSR count). The van der Waals surface area contributed by atoms with Gasteiger partial charge in [0.2, 0.25) is 5.88 Å². The van der Waals surface area contributed by atoms with Crippen LogP contribution in [0.1, 0.15) is 16.1 Å². The summed E-state index contributed by atoms with van der Waals surface area (Å²) in [6, 6.07) is 12.8. The fraction of sp³-hybridized carbons (Fsp3) is 0.0500. The zero-order valence-corrected chi connectivity index (χ0v) is 15.5. The third-order valence-electron chi connectivity index (χ3n) is 4.09. The number of aryl methyl sites for hydroxylation is 1. The Labute approximate surface area is 166 Å². The number of nitrogens with two attached hydrogens (primary N) is 1. The normalized spacial score (nSPS) is 10.5. The van der Waals surface area contributed by atoms with E-state index >= 15 is 0 Å². The van der Waals surface area contributed by atoms with Crippen LogP contribution in [0.4, 0.5) is 11.5 Å². The monoisotopic (exact) mass is 387 g/mol. The predicted octanol–water partition coefficient (Wildman–Crippen LogP) is 2.86. The Morgan fingerprint density at radius 2 is 2.00 bits per heavy atom. The fourth-order valence-corrected chi connectivity index (χ4v) is 2.65. The van der Waals surface area contributed by atoms with Gasteiger partial charge < -0.3 is 10.5 Å². The summed E-state index contributed by atoms with van der Waals surface area (Å²) in [6.07, 6.45) is 4.32. The van der Waals surface area contributed by atoms with Crippen LogP contribution < -0.4 is 21.3 Å². The maximum Gasteiger partial charge on any atom is 0.271 e. The van der Waals surface area contributed by atoms with E-state index in [4.69, 9.17) is 10.5 Å². The molecule has 1 aromatic carbocycles. The molecule has 0 saturated carbocycles. The zero-order valence-electron chi connectivity index (χ0n) is 15.5. The number of ether oxygens (including phenoxy) is 1. The number of nitrogen functional groups attached to an aromatic ring is 1. The topological polar surface area (TPSA) is 128 Å². The number of rotatable bonds is 5. The van der Waals surface area contributed by atoms with E-state index in [1.165, 1.54) is 12.5 Å². The number of hydrazine groups is 1. The van der Waals surface area contributed by atoms with Crippen molar-refractivity contribution in [3.8, 4) is 11.6 Å². The van der Waals surface area contributed by atoms with Gasteiger partial charge in [0, 0.05) is 23.5 Å². The van der Waals surface area contributed by atoms with Crippen molar-refractivity contribution >= 4 is 28.3 Å². The van der Waals surface area contributed by atoms with E-state index in [1.54, 1.807) is 24.4 Å². The number of nitrogens with zero attached hydrogens (tertiary/aromatic N) is 4. The van der Waals surface area contributed by atoms with Crippen molar-refractivity contribution in [2.75, 3.05) is 11.2 Å². The average molecular weight is 387 g/mol. The van der Waals surface area contributed by atoms with Crippen LogP contribution in [0.5, 0.6) is 11.6 Å². The van der Waals surface area contributed by atoms with Crippen LogP contribution in [0, 0.1) is 6.92 Å². The molecule has 3 heterocycles. The summed E-state index contributed by atoms with van der Waals surface area (Å²) < 4.78 is 5.91. The van der Waals surface area contributed by atoms with Gasteiger partial charge in [-0.15, -0.1) is 0 Å². The minimum Gasteiger partial charge on any atom is -0.435 e. The van der Waals surface area contributed by atoms with Crippen molar-refractivity contribution in [3.05, 3.63) is 72.4 Å². The summed E-state index contributed by atoms with van der Waals surface area (Å²) >= 11 is 0. The van der Waals surface area contributed by atoms with E-state index in [1.807, 2.05) is 31.2 Å². The number of carbonyl (C=O) groups excluding carboxylic acids is 1. The third-order valence-corrected chi connectivity index (χ3v) is 4.09. The average Bonchev–Trinajstić information content (AvgIpc) is 2.75. The zero-order chi connectivity index (χ0) is 20.2. The molecule has 0 spiro atoms. The lowest BCUT2D eigenvalue weighted by molar-refractivity contribution is 0.0962. The summed E-state index contributed by atoms with van der Waals surface area (Å²) in [7, 11) is 0. The lowest BCUT2D eigenvalue weighted by atomic mass is 10.2. The summed E-state index contributed by atoms with van der Waals surface area (Å²) in [4.78, 5) is 28.7. The number of hydrogen-bond donors (Lipinski definition) is 3. The standard InChI is InChI=1S/C20H17N7O2/c1-12-7-8-13-4-2-6-15(17(13)25-12)29-20-16(21)18(23-11-24-20)26-27-19(28)14-5-3-9-22-10-14/h2-11H,21H2,1H3,(H,27,28)(H,23,24,26). The van der Waals surface area contributed by atoms with Crippen molar-refractivity contribution in [1.82, 2.24) is 25.4 Å². The van der Waals surface area contributed by atoms with Crippen molar-refractivity contribution in [1.29, 1.82) is 0 Å². The first-order valence-corrected chi connectivity index (χ1v) is 8.73. The first-order valence-electron chi connectivity index (χ1n) is 8.73. The number of aromatic nitrogens is 4. The molecule has 0 bridgehead atoms. The molecule has 0 atom stereocenters. The van der Waals surface area contributed by atoms with E-state index in [9.17, 15) is 4.79 Å². The molecule has 0 aliphatic heterocycles. The Morgan fingerprint density at radius 3 is 2.83 bits per heavy atom. The van der Waals surface area contributed by atoms with Crippen molar-refractivity contribution in [2.24, 2.45) is 0 Å². The molecular weight excluding hydrogens is 370 g/mol. The maximum absolute atomic E-state index is 12.1. The molecule has 144 valence electrons. The molecule has 0 saturated heterocycles. The highest BCUT2D eigenvalue weighted by atomic mass is 16.5. The van der Waals surface area contributed by atoms with E-state index in [-0.39, 0.29) is 23.3 Å². The van der Waals surface area contributed by atoms with Crippen LogP contribution in [0.2, 0.25) is 0 Å². The summed E-state index contributed by atoms with van der Waals surface area (Å²) in [6.45, 7) is 1.90. The summed E-state index contributed by atoms with van der Waals surface area (Å²) in [5.74, 6) is 0.486. The Kier molecular flexibility index (Phi) is 4.85. The molecule has 0 radical (unpaired) electrons. The highest BCUT2D eigenvalue weighted by molar-refractivity contribution is 5.94. The van der Waals surface area contributed by atoms with Crippen LogP contribution in [0.3, 0.4) is 0 Å². The number of pyridine rings is 2. The quantitative estimate of drug-likeness (QED) is 0.446. The molecule has 0 aliphatic carbocycles. The fourth-order valence-electron chi connectivity index (χ4n) is 2.65. The van der Waals surface area contributed by atoms with Crippen LogP contribution in [-0.2, 0) is 0 Å². The first-order chi connectivity index (χ1) is 14.1. The van der Waals surface area contributed by atoms with Gasteiger partial charge in [0.1, 0.15) is 17.5 Å². The lowest BCUT2D eigenvalue weighted by Gasteiger charge is -2.13. The number of nitrogens with one attached hydrogen (secondary N) is 2. The van der Waals surface area contributed by atoms with Crippen molar-refractivity contribution < 1.29 is 9.53 Å². The number of hydrogen-bond acceptors (Lipinski definition) is 8. The van der Waals surface area contributed by atoms with Crippen LogP contribution in [0.15, 0.2) is 61.2 Å². The second kappa shape index (κ2) is 7.77.